The molecule has 3 aromatic rings. The fourth-order valence-electron chi connectivity index (χ4n) is 5.01. The van der Waals surface area contributed by atoms with Crippen molar-refractivity contribution in [3.8, 4) is 5.75 Å². The van der Waals surface area contributed by atoms with E-state index in [1.54, 1.807) is 42.5 Å². The number of methoxy groups -OCH3 is 1. The Kier molecular flexibility index (Phi) is 11.0. The lowest BCUT2D eigenvalue weighted by Crippen LogP contribution is -2.53. The number of halogens is 3. The fraction of sp³-hybridized carbons (Fsp3) is 0.375. The van der Waals surface area contributed by atoms with Gasteiger partial charge in [0, 0.05) is 24.8 Å². The van der Waals surface area contributed by atoms with Gasteiger partial charge in [-0.1, -0.05) is 56.3 Å². The maximum atomic E-state index is 13.7. The van der Waals surface area contributed by atoms with E-state index in [0.717, 1.165) is 33.0 Å². The summed E-state index contributed by atoms with van der Waals surface area (Å²) in [4.78, 5) is 26.9. The van der Waals surface area contributed by atoms with Gasteiger partial charge in [0.05, 0.1) is 36.3 Å². The second kappa shape index (κ2) is 14.5. The minimum Gasteiger partial charge on any atom is -0.497 e. The minimum absolute atomic E-state index is 0.0316. The molecule has 1 heterocycles. The van der Waals surface area contributed by atoms with Crippen molar-refractivity contribution >= 4 is 27.7 Å². The first-order valence-corrected chi connectivity index (χ1v) is 15.9. The van der Waals surface area contributed by atoms with Crippen molar-refractivity contribution in [3.05, 3.63) is 90.0 Å². The Hall–Kier alpha value is -4.14. The van der Waals surface area contributed by atoms with Gasteiger partial charge in [-0.2, -0.15) is 17.5 Å². The molecule has 0 saturated carbocycles. The minimum atomic E-state index is -4.64. The number of amides is 2. The summed E-state index contributed by atoms with van der Waals surface area (Å²) in [6.45, 7) is 2.97. The van der Waals surface area contributed by atoms with Gasteiger partial charge < -0.3 is 19.9 Å². The highest BCUT2D eigenvalue weighted by Gasteiger charge is 2.40. The van der Waals surface area contributed by atoms with Crippen LogP contribution in [-0.2, 0) is 32.2 Å². The monoisotopic (exact) mass is 663 g/mol. The van der Waals surface area contributed by atoms with Crippen LogP contribution >= 0.6 is 0 Å². The predicted molar refractivity (Wildman–Crippen MR) is 164 cm³/mol. The summed E-state index contributed by atoms with van der Waals surface area (Å²) in [6.07, 6.45) is -8.37. The number of alkyl halides is 3. The zero-order chi connectivity index (χ0) is 33.6. The van der Waals surface area contributed by atoms with Crippen LogP contribution in [0.2, 0.25) is 0 Å². The Bertz CT molecular complexity index is 1620. The number of benzene rings is 3. The first-order chi connectivity index (χ1) is 21.7. The molecular weight excluding hydrogens is 627 g/mol. The van der Waals surface area contributed by atoms with Crippen LogP contribution in [0.5, 0.6) is 5.75 Å². The Balaban J connectivity index is 1.56. The summed E-state index contributed by atoms with van der Waals surface area (Å²) in [5.74, 6) is -0.575. The van der Waals surface area contributed by atoms with E-state index in [0.29, 0.717) is 5.75 Å². The average Bonchev–Trinajstić information content (AvgIpc) is 3.42. The van der Waals surface area contributed by atoms with Gasteiger partial charge in [-0.25, -0.2) is 13.2 Å². The van der Waals surface area contributed by atoms with E-state index in [1.807, 2.05) is 13.8 Å². The molecule has 3 atom stereocenters. The lowest BCUT2D eigenvalue weighted by atomic mass is 10.0. The van der Waals surface area contributed by atoms with E-state index in [4.69, 9.17) is 9.47 Å². The molecule has 1 aliphatic rings. The molecule has 0 aromatic heterocycles. The zero-order valence-corrected chi connectivity index (χ0v) is 26.3. The summed E-state index contributed by atoms with van der Waals surface area (Å²) in [6, 6.07) is 17.9. The highest BCUT2D eigenvalue weighted by atomic mass is 32.2. The number of nitrogens with one attached hydrogen (secondary N) is 1. The molecule has 2 amide bonds. The van der Waals surface area contributed by atoms with Crippen LogP contribution in [0.15, 0.2) is 83.8 Å². The summed E-state index contributed by atoms with van der Waals surface area (Å²) in [5.41, 5.74) is -0.332. The van der Waals surface area contributed by atoms with Crippen LogP contribution in [0.25, 0.3) is 0 Å². The van der Waals surface area contributed by atoms with Gasteiger partial charge in [0.1, 0.15) is 5.75 Å². The van der Waals surface area contributed by atoms with Gasteiger partial charge in [0.2, 0.25) is 10.0 Å². The second-order valence-corrected chi connectivity index (χ2v) is 13.2. The topological polar surface area (TPSA) is 125 Å². The van der Waals surface area contributed by atoms with Crippen LogP contribution in [-0.4, -0.2) is 74.8 Å². The quantitative estimate of drug-likeness (QED) is 0.277. The van der Waals surface area contributed by atoms with E-state index in [1.165, 1.54) is 25.3 Å². The van der Waals surface area contributed by atoms with Gasteiger partial charge in [-0.05, 0) is 48.2 Å². The molecule has 0 radical (unpaired) electrons. The Morgan fingerprint density at radius 2 is 1.76 bits per heavy atom. The van der Waals surface area contributed by atoms with E-state index in [2.05, 4.69) is 5.32 Å². The van der Waals surface area contributed by atoms with Gasteiger partial charge in [-0.3, -0.25) is 9.69 Å². The zero-order valence-electron chi connectivity index (χ0n) is 25.5. The van der Waals surface area contributed by atoms with Crippen LogP contribution in [0.4, 0.5) is 23.7 Å². The predicted octanol–water partition coefficient (Wildman–Crippen LogP) is 4.47. The molecule has 46 heavy (non-hydrogen) atoms. The summed E-state index contributed by atoms with van der Waals surface area (Å²) in [7, 11) is -2.69. The molecule has 0 spiro atoms. The number of rotatable bonds is 13. The molecule has 0 aliphatic carbocycles. The first-order valence-electron chi connectivity index (χ1n) is 14.5. The maximum Gasteiger partial charge on any atom is 0.416 e. The van der Waals surface area contributed by atoms with Gasteiger partial charge in [0.25, 0.3) is 5.91 Å². The maximum absolute atomic E-state index is 13.7. The third-order valence-corrected chi connectivity index (χ3v) is 9.15. The van der Waals surface area contributed by atoms with E-state index < -0.39 is 52.0 Å². The Morgan fingerprint density at radius 3 is 2.41 bits per heavy atom. The van der Waals surface area contributed by atoms with E-state index in [9.17, 15) is 36.3 Å². The number of carbonyl (C=O) groups is 2. The smallest absolute Gasteiger partial charge is 0.416 e. The van der Waals surface area contributed by atoms with Crippen molar-refractivity contribution < 1.29 is 45.8 Å². The molecule has 248 valence electrons. The first kappa shape index (κ1) is 34.7. The lowest BCUT2D eigenvalue weighted by Gasteiger charge is -2.31. The molecular formula is C32H36F3N3O7S. The molecule has 2 N–H and O–H groups in total. The average molecular weight is 664 g/mol. The number of hydrogen-bond acceptors (Lipinski definition) is 7. The standard InChI is InChI=1S/C32H36F3N3O7S/c1-21(2)18-37(46(42,43)26-14-8-13-25(17-26)44-3)19-28(39)27(15-22-9-5-4-6-10-22)36-30(40)29-20-38(31(41)45-29)24-12-7-11-23(16-24)32(33,34)35/h4-14,16-17,21,27-29,39H,15,18-20H2,1-3H3,(H,36,40)/t27-,28+,29-/m0/s1. The van der Waals surface area contributed by atoms with Crippen LogP contribution in [0, 0.1) is 5.92 Å². The Morgan fingerprint density at radius 1 is 1.07 bits per heavy atom. The van der Waals surface area contributed by atoms with Crippen LogP contribution in [0.1, 0.15) is 25.0 Å². The molecule has 10 nitrogen and oxygen atoms in total. The third-order valence-electron chi connectivity index (χ3n) is 7.32. The number of sulfonamides is 1. The molecule has 1 fully saturated rings. The second-order valence-electron chi connectivity index (χ2n) is 11.3. The molecule has 1 aliphatic heterocycles. The number of aliphatic hydroxyl groups excluding tert-OH is 1. The molecule has 3 aromatic carbocycles. The third kappa shape index (κ3) is 8.56. The number of carbonyl (C=O) groups excluding carboxylic acids is 2. The number of cyclic esters (lactones) is 1. The van der Waals surface area contributed by atoms with Gasteiger partial charge >= 0.3 is 12.3 Å². The normalized spacial score (nSPS) is 16.8. The lowest BCUT2D eigenvalue weighted by molar-refractivity contribution is -0.137. The highest BCUT2D eigenvalue weighted by molar-refractivity contribution is 7.89. The van der Waals surface area contributed by atoms with Crippen LogP contribution in [0.3, 0.4) is 0 Å². The number of ether oxygens (including phenoxy) is 2. The highest BCUT2D eigenvalue weighted by Crippen LogP contribution is 2.33. The van der Waals surface area contributed by atoms with Gasteiger partial charge in [0.15, 0.2) is 6.10 Å². The van der Waals surface area contributed by atoms with Crippen LogP contribution < -0.4 is 15.0 Å². The Labute approximate surface area is 265 Å². The molecule has 0 unspecified atom stereocenters. The molecule has 14 heteroatoms. The van der Waals surface area contributed by atoms with E-state index >= 15 is 0 Å². The number of aliphatic hydroxyl groups is 1. The van der Waals surface area contributed by atoms with Crippen molar-refractivity contribution in [2.75, 3.05) is 31.6 Å². The molecule has 0 bridgehead atoms. The number of anilines is 1. The molecule has 1 saturated heterocycles. The SMILES string of the molecule is COc1cccc(S(=O)(=O)N(CC(C)C)C[C@@H](O)[C@H](Cc2ccccc2)NC(=O)[C@@H]2CN(c3cccc(C(F)(F)F)c3)C(=O)O2)c1. The largest absolute Gasteiger partial charge is 0.497 e. The summed E-state index contributed by atoms with van der Waals surface area (Å²) < 4.78 is 78.7. The van der Waals surface area contributed by atoms with E-state index in [-0.39, 0.29) is 42.6 Å². The summed E-state index contributed by atoms with van der Waals surface area (Å²) >= 11 is 0. The van der Waals surface area contributed by atoms with Crippen molar-refractivity contribution in [3.63, 3.8) is 0 Å². The number of nitrogens with zero attached hydrogens (tertiary/aromatic N) is 2. The molecule has 4 rings (SSSR count). The van der Waals surface area contributed by atoms with Crippen molar-refractivity contribution in [1.29, 1.82) is 0 Å². The fourth-order valence-corrected chi connectivity index (χ4v) is 6.67. The van der Waals surface area contributed by atoms with Crippen molar-refractivity contribution in [1.82, 2.24) is 9.62 Å². The van der Waals surface area contributed by atoms with Crippen molar-refractivity contribution in [2.24, 2.45) is 5.92 Å². The number of hydrogen-bond donors (Lipinski definition) is 2. The van der Waals surface area contributed by atoms with Gasteiger partial charge in [-0.15, -0.1) is 0 Å². The summed E-state index contributed by atoms with van der Waals surface area (Å²) in [5, 5.41) is 14.2. The van der Waals surface area contributed by atoms with Crippen molar-refractivity contribution in [2.45, 2.75) is 49.6 Å².